The van der Waals surface area contributed by atoms with Crippen molar-refractivity contribution in [2.75, 3.05) is 24.9 Å². The van der Waals surface area contributed by atoms with Crippen molar-refractivity contribution in [2.45, 2.75) is 6.61 Å². The lowest BCUT2D eigenvalue weighted by atomic mass is 10.3. The Labute approximate surface area is 167 Å². The molecule has 0 bridgehead atoms. The zero-order valence-corrected chi connectivity index (χ0v) is 15.9. The lowest BCUT2D eigenvalue weighted by Crippen LogP contribution is -2.19. The van der Waals surface area contributed by atoms with Gasteiger partial charge in [-0.25, -0.2) is 9.18 Å². The summed E-state index contributed by atoms with van der Waals surface area (Å²) in [6.45, 7) is 0.193. The Morgan fingerprint density at radius 1 is 0.931 bits per heavy atom. The second-order valence-corrected chi connectivity index (χ2v) is 5.89. The fourth-order valence-corrected chi connectivity index (χ4v) is 2.57. The van der Waals surface area contributed by atoms with Crippen molar-refractivity contribution in [2.24, 2.45) is 0 Å². The van der Waals surface area contributed by atoms with Gasteiger partial charge in [0.05, 0.1) is 14.2 Å². The van der Waals surface area contributed by atoms with Gasteiger partial charge in [0.15, 0.2) is 11.5 Å². The summed E-state index contributed by atoms with van der Waals surface area (Å²) in [5.41, 5.74) is 1.67. The first-order chi connectivity index (χ1) is 14.1. The van der Waals surface area contributed by atoms with Gasteiger partial charge in [0.1, 0.15) is 23.9 Å². The first kappa shape index (κ1) is 19.9. The molecule has 150 valence electrons. The Hall–Kier alpha value is -3.81. The number of nitrogens with one attached hydrogen (secondary N) is 2. The average Bonchev–Trinajstić information content (AvgIpc) is 2.74. The molecule has 3 rings (SSSR count). The van der Waals surface area contributed by atoms with E-state index in [0.717, 1.165) is 0 Å². The van der Waals surface area contributed by atoms with Gasteiger partial charge in [-0.1, -0.05) is 0 Å². The largest absolute Gasteiger partial charge is 0.493 e. The minimum absolute atomic E-state index is 0.193. The Morgan fingerprint density at radius 2 is 1.55 bits per heavy atom. The molecular weight excluding hydrogens is 377 g/mol. The molecule has 3 aromatic rings. The highest BCUT2D eigenvalue weighted by molar-refractivity contribution is 5.99. The van der Waals surface area contributed by atoms with E-state index >= 15 is 0 Å². The molecule has 2 amide bonds. The van der Waals surface area contributed by atoms with E-state index in [9.17, 15) is 9.18 Å². The van der Waals surface area contributed by atoms with Gasteiger partial charge in [-0.05, 0) is 48.5 Å². The van der Waals surface area contributed by atoms with Gasteiger partial charge in [0.2, 0.25) is 0 Å². The molecule has 2 aromatic carbocycles. The minimum Gasteiger partial charge on any atom is -0.493 e. The molecule has 0 fully saturated rings. The van der Waals surface area contributed by atoms with Gasteiger partial charge in [0, 0.05) is 23.6 Å². The van der Waals surface area contributed by atoms with Gasteiger partial charge in [-0.2, -0.15) is 0 Å². The maximum absolute atomic E-state index is 12.9. The number of hydrogen-bond acceptors (Lipinski definition) is 5. The normalized spacial score (nSPS) is 10.2. The summed E-state index contributed by atoms with van der Waals surface area (Å²) >= 11 is 0. The number of pyridine rings is 1. The van der Waals surface area contributed by atoms with Gasteiger partial charge >= 0.3 is 6.03 Å². The van der Waals surface area contributed by atoms with Crippen molar-refractivity contribution in [1.29, 1.82) is 0 Å². The highest BCUT2D eigenvalue weighted by Crippen LogP contribution is 2.29. The van der Waals surface area contributed by atoms with E-state index < -0.39 is 6.03 Å². The van der Waals surface area contributed by atoms with Crippen LogP contribution in [0, 0.1) is 5.82 Å². The molecule has 2 N–H and O–H groups in total. The monoisotopic (exact) mass is 397 g/mol. The molecule has 0 atom stereocenters. The van der Waals surface area contributed by atoms with Crippen molar-refractivity contribution >= 4 is 17.4 Å². The lowest BCUT2D eigenvalue weighted by Gasteiger charge is -2.13. The van der Waals surface area contributed by atoms with E-state index in [2.05, 4.69) is 15.6 Å². The third kappa shape index (κ3) is 5.35. The van der Waals surface area contributed by atoms with Crippen LogP contribution in [0.15, 0.2) is 60.8 Å². The Kier molecular flexibility index (Phi) is 6.47. The Bertz CT molecular complexity index is 963. The molecule has 7 nitrogen and oxygen atoms in total. The second-order valence-electron chi connectivity index (χ2n) is 5.89. The van der Waals surface area contributed by atoms with Crippen LogP contribution in [0.1, 0.15) is 5.69 Å². The maximum Gasteiger partial charge on any atom is 0.323 e. The summed E-state index contributed by atoms with van der Waals surface area (Å²) in [4.78, 5) is 16.3. The Morgan fingerprint density at radius 3 is 2.14 bits per heavy atom. The van der Waals surface area contributed by atoms with Crippen molar-refractivity contribution in [1.82, 2.24) is 4.98 Å². The van der Waals surface area contributed by atoms with Gasteiger partial charge in [0.25, 0.3) is 0 Å². The summed E-state index contributed by atoms with van der Waals surface area (Å²) in [5, 5.41) is 5.31. The molecule has 0 aliphatic carbocycles. The number of nitrogens with zero attached hydrogens (tertiary/aromatic N) is 1. The molecule has 29 heavy (non-hydrogen) atoms. The fraction of sp³-hybridized carbons (Fsp3) is 0.143. The molecule has 8 heteroatoms. The third-order valence-electron chi connectivity index (χ3n) is 3.96. The lowest BCUT2D eigenvalue weighted by molar-refractivity contribution is 0.262. The zero-order valence-electron chi connectivity index (χ0n) is 15.9. The number of anilines is 2. The van der Waals surface area contributed by atoms with Crippen molar-refractivity contribution in [3.8, 4) is 17.2 Å². The van der Waals surface area contributed by atoms with E-state index in [0.29, 0.717) is 34.3 Å². The smallest absolute Gasteiger partial charge is 0.323 e. The van der Waals surface area contributed by atoms with E-state index in [4.69, 9.17) is 14.2 Å². The maximum atomic E-state index is 12.9. The van der Waals surface area contributed by atoms with Gasteiger partial charge < -0.3 is 24.8 Å². The predicted molar refractivity (Wildman–Crippen MR) is 107 cm³/mol. The number of benzene rings is 2. The van der Waals surface area contributed by atoms with Crippen LogP contribution in [0.4, 0.5) is 20.6 Å². The van der Waals surface area contributed by atoms with Gasteiger partial charge in [-0.15, -0.1) is 0 Å². The number of carbonyl (C=O) groups is 1. The van der Waals surface area contributed by atoms with E-state index in [1.165, 1.54) is 24.3 Å². The summed E-state index contributed by atoms with van der Waals surface area (Å²) in [5.74, 6) is 1.33. The number of rotatable bonds is 7. The molecule has 0 radical (unpaired) electrons. The standard InChI is InChI=1S/C21H20FN3O4/c1-27-19-11-12-23-18(20(19)28-2)13-29-17-9-7-16(8-10-17)25-21(26)24-15-5-3-14(22)4-6-15/h3-12H,13H2,1-2H3,(H2,24,25,26). The van der Waals surface area contributed by atoms with Crippen LogP contribution in [0.25, 0.3) is 0 Å². The first-order valence-corrected chi connectivity index (χ1v) is 8.71. The van der Waals surface area contributed by atoms with Crippen LogP contribution in [0.3, 0.4) is 0 Å². The topological polar surface area (TPSA) is 81.7 Å². The van der Waals surface area contributed by atoms with Crippen LogP contribution in [0.2, 0.25) is 0 Å². The molecule has 0 spiro atoms. The molecular formula is C21H20FN3O4. The van der Waals surface area contributed by atoms with E-state index in [1.807, 2.05) is 0 Å². The van der Waals surface area contributed by atoms with Crippen molar-refractivity contribution in [3.63, 3.8) is 0 Å². The van der Waals surface area contributed by atoms with Crippen LogP contribution >= 0.6 is 0 Å². The molecule has 1 heterocycles. The van der Waals surface area contributed by atoms with Crippen LogP contribution < -0.4 is 24.8 Å². The number of hydrogen-bond donors (Lipinski definition) is 2. The number of amides is 2. The minimum atomic E-state index is -0.435. The predicted octanol–water partition coefficient (Wildman–Crippen LogP) is 4.46. The first-order valence-electron chi connectivity index (χ1n) is 8.71. The summed E-state index contributed by atoms with van der Waals surface area (Å²) < 4.78 is 29.2. The fourth-order valence-electron chi connectivity index (χ4n) is 2.57. The highest BCUT2D eigenvalue weighted by atomic mass is 19.1. The van der Waals surface area contributed by atoms with Crippen molar-refractivity contribution < 1.29 is 23.4 Å². The number of urea groups is 1. The van der Waals surface area contributed by atoms with Crippen molar-refractivity contribution in [3.05, 3.63) is 72.3 Å². The zero-order chi connectivity index (χ0) is 20.6. The number of carbonyl (C=O) groups excluding carboxylic acids is 1. The molecule has 0 aliphatic rings. The molecule has 0 saturated heterocycles. The molecule has 1 aromatic heterocycles. The number of ether oxygens (including phenoxy) is 3. The number of methoxy groups -OCH3 is 2. The molecule has 0 unspecified atom stereocenters. The van der Waals surface area contributed by atoms with E-state index in [1.54, 1.807) is 50.7 Å². The molecule has 0 saturated carbocycles. The van der Waals surface area contributed by atoms with Crippen LogP contribution in [-0.4, -0.2) is 25.2 Å². The van der Waals surface area contributed by atoms with Crippen LogP contribution in [-0.2, 0) is 6.61 Å². The summed E-state index contributed by atoms with van der Waals surface area (Å²) in [6, 6.07) is 13.6. The SMILES string of the molecule is COc1ccnc(COc2ccc(NC(=O)Nc3ccc(F)cc3)cc2)c1OC. The average molecular weight is 397 g/mol. The quantitative estimate of drug-likeness (QED) is 0.615. The summed E-state index contributed by atoms with van der Waals surface area (Å²) in [6.07, 6.45) is 1.62. The summed E-state index contributed by atoms with van der Waals surface area (Å²) in [7, 11) is 3.10. The third-order valence-corrected chi connectivity index (χ3v) is 3.96. The number of halogens is 1. The number of aromatic nitrogens is 1. The van der Waals surface area contributed by atoms with Gasteiger partial charge in [-0.3, -0.25) is 4.98 Å². The van der Waals surface area contributed by atoms with E-state index in [-0.39, 0.29) is 12.4 Å². The molecule has 0 aliphatic heterocycles. The second kappa shape index (κ2) is 9.41. The Balaban J connectivity index is 1.56. The highest BCUT2D eigenvalue weighted by Gasteiger charge is 2.11. The van der Waals surface area contributed by atoms with Crippen LogP contribution in [0.5, 0.6) is 17.2 Å².